The lowest BCUT2D eigenvalue weighted by atomic mass is 10.0. The van der Waals surface area contributed by atoms with Gasteiger partial charge in [0, 0.05) is 29.8 Å². The SMILES string of the molecule is CC(C)(C)OC(=O)NCCNC(=O)c1cc(C(=O)N=C(N)N)cc(-c2cc(Cl)sc2Cl)c1. The van der Waals surface area contributed by atoms with Crippen LogP contribution in [0.15, 0.2) is 29.3 Å². The molecule has 9 nitrogen and oxygen atoms in total. The van der Waals surface area contributed by atoms with E-state index >= 15 is 0 Å². The topological polar surface area (TPSA) is 149 Å². The van der Waals surface area contributed by atoms with Crippen LogP contribution >= 0.6 is 34.5 Å². The summed E-state index contributed by atoms with van der Waals surface area (Å²) in [5.74, 6) is -1.60. The first kappa shape index (κ1) is 25.4. The van der Waals surface area contributed by atoms with Crippen molar-refractivity contribution in [3.05, 3.63) is 44.1 Å². The number of alkyl carbamates (subject to hydrolysis) is 1. The van der Waals surface area contributed by atoms with Crippen molar-refractivity contribution in [2.45, 2.75) is 26.4 Å². The maximum atomic E-state index is 12.7. The zero-order valence-corrected chi connectivity index (χ0v) is 20.0. The fourth-order valence-electron chi connectivity index (χ4n) is 2.51. The molecule has 0 aliphatic heterocycles. The highest BCUT2D eigenvalue weighted by molar-refractivity contribution is 7.20. The number of halogens is 2. The second-order valence-electron chi connectivity index (χ2n) is 7.56. The Labute approximate surface area is 199 Å². The number of hydrogen-bond acceptors (Lipinski definition) is 5. The molecule has 1 aromatic carbocycles. The Kier molecular flexibility index (Phi) is 8.48. The quantitative estimate of drug-likeness (QED) is 0.271. The van der Waals surface area contributed by atoms with E-state index in [4.69, 9.17) is 39.4 Å². The Morgan fingerprint density at radius 1 is 1.03 bits per heavy atom. The van der Waals surface area contributed by atoms with Gasteiger partial charge < -0.3 is 26.8 Å². The van der Waals surface area contributed by atoms with E-state index < -0.39 is 29.5 Å². The molecule has 0 spiro atoms. The average molecular weight is 500 g/mol. The van der Waals surface area contributed by atoms with Gasteiger partial charge in [-0.05, 0) is 50.6 Å². The van der Waals surface area contributed by atoms with Gasteiger partial charge >= 0.3 is 6.09 Å². The molecule has 6 N–H and O–H groups in total. The normalized spacial score (nSPS) is 10.9. The van der Waals surface area contributed by atoms with Crippen LogP contribution in [0.5, 0.6) is 0 Å². The average Bonchev–Trinajstić information content (AvgIpc) is 3.01. The number of benzene rings is 1. The summed E-state index contributed by atoms with van der Waals surface area (Å²) >= 11 is 13.4. The lowest BCUT2D eigenvalue weighted by molar-refractivity contribution is 0.0526. The van der Waals surface area contributed by atoms with Crippen LogP contribution in [0, 0.1) is 0 Å². The Bertz CT molecular complexity index is 1060. The third-order valence-electron chi connectivity index (χ3n) is 3.72. The van der Waals surface area contributed by atoms with Gasteiger partial charge in [0.2, 0.25) is 0 Å². The molecule has 12 heteroatoms. The van der Waals surface area contributed by atoms with Crippen LogP contribution in [0.1, 0.15) is 41.5 Å². The standard InChI is InChI=1S/C20H23Cl2N5O4S/c1-20(2,3)31-19(30)26-5-4-25-16(28)11-6-10(13-9-14(21)32-15(13)22)7-12(8-11)17(29)27-18(23)24/h6-9H,4-5H2,1-3H3,(H,25,28)(H,26,30)(H4,23,24,27,29). The lowest BCUT2D eigenvalue weighted by Gasteiger charge is -2.19. The smallest absolute Gasteiger partial charge is 0.407 e. The van der Waals surface area contributed by atoms with Crippen LogP contribution in [0.25, 0.3) is 11.1 Å². The van der Waals surface area contributed by atoms with Crippen molar-refractivity contribution >= 4 is 58.4 Å². The van der Waals surface area contributed by atoms with Crippen molar-refractivity contribution in [2.75, 3.05) is 13.1 Å². The third kappa shape index (κ3) is 7.70. The highest BCUT2D eigenvalue weighted by atomic mass is 35.5. The largest absolute Gasteiger partial charge is 0.444 e. The fourth-order valence-corrected chi connectivity index (χ4v) is 4.02. The molecule has 172 valence electrons. The summed E-state index contributed by atoms with van der Waals surface area (Å²) in [4.78, 5) is 40.2. The minimum Gasteiger partial charge on any atom is -0.444 e. The van der Waals surface area contributed by atoms with Crippen molar-refractivity contribution in [3.63, 3.8) is 0 Å². The van der Waals surface area contributed by atoms with Gasteiger partial charge in [-0.15, -0.1) is 11.3 Å². The van der Waals surface area contributed by atoms with Crippen molar-refractivity contribution < 1.29 is 19.1 Å². The number of rotatable bonds is 6. The predicted octanol–water partition coefficient (Wildman–Crippen LogP) is 3.39. The fraction of sp³-hybridized carbons (Fsp3) is 0.300. The Hall–Kier alpha value is -2.82. The Morgan fingerprint density at radius 2 is 1.66 bits per heavy atom. The second-order valence-corrected chi connectivity index (χ2v) is 9.85. The van der Waals surface area contributed by atoms with Crippen LogP contribution in [0.3, 0.4) is 0 Å². The number of hydrogen-bond donors (Lipinski definition) is 4. The van der Waals surface area contributed by atoms with Crippen LogP contribution < -0.4 is 22.1 Å². The number of nitrogens with two attached hydrogens (primary N) is 2. The molecule has 0 aliphatic rings. The van der Waals surface area contributed by atoms with E-state index in [9.17, 15) is 14.4 Å². The zero-order valence-electron chi connectivity index (χ0n) is 17.6. The zero-order chi connectivity index (χ0) is 24.1. The van der Waals surface area contributed by atoms with Gasteiger partial charge in [0.1, 0.15) is 9.94 Å². The molecule has 0 saturated carbocycles. The summed E-state index contributed by atoms with van der Waals surface area (Å²) in [6, 6.07) is 6.06. The molecular weight excluding hydrogens is 477 g/mol. The third-order valence-corrected chi connectivity index (χ3v) is 5.21. The highest BCUT2D eigenvalue weighted by Crippen LogP contribution is 2.38. The van der Waals surface area contributed by atoms with Gasteiger partial charge in [0.25, 0.3) is 11.8 Å². The molecule has 2 aromatic rings. The second kappa shape index (κ2) is 10.7. The molecule has 0 unspecified atom stereocenters. The number of ether oxygens (including phenoxy) is 1. The van der Waals surface area contributed by atoms with E-state index in [2.05, 4.69) is 15.6 Å². The molecule has 0 bridgehead atoms. The maximum absolute atomic E-state index is 12.7. The van der Waals surface area contributed by atoms with E-state index in [1.165, 1.54) is 12.1 Å². The molecule has 0 atom stereocenters. The highest BCUT2D eigenvalue weighted by Gasteiger charge is 2.18. The van der Waals surface area contributed by atoms with E-state index in [0.29, 0.717) is 19.8 Å². The van der Waals surface area contributed by atoms with E-state index in [-0.39, 0.29) is 24.2 Å². The van der Waals surface area contributed by atoms with Gasteiger partial charge in [0.05, 0.1) is 4.34 Å². The molecular formula is C20H23Cl2N5O4S. The Morgan fingerprint density at radius 3 is 2.22 bits per heavy atom. The van der Waals surface area contributed by atoms with Crippen molar-refractivity contribution in [2.24, 2.45) is 16.5 Å². The number of amides is 3. The number of nitrogens with zero attached hydrogens (tertiary/aromatic N) is 1. The predicted molar refractivity (Wildman–Crippen MR) is 126 cm³/mol. The minimum atomic E-state index is -0.718. The van der Waals surface area contributed by atoms with E-state index in [1.807, 2.05) is 0 Å². The van der Waals surface area contributed by atoms with Crippen molar-refractivity contribution in [3.8, 4) is 11.1 Å². The molecule has 0 saturated heterocycles. The number of thiophene rings is 1. The van der Waals surface area contributed by atoms with Crippen molar-refractivity contribution in [1.82, 2.24) is 10.6 Å². The minimum absolute atomic E-state index is 0.0892. The molecule has 1 heterocycles. The number of carbonyl (C=O) groups is 3. The number of nitrogens with one attached hydrogen (secondary N) is 2. The molecule has 32 heavy (non-hydrogen) atoms. The summed E-state index contributed by atoms with van der Waals surface area (Å²) < 4.78 is 5.97. The summed E-state index contributed by atoms with van der Waals surface area (Å²) in [7, 11) is 0. The van der Waals surface area contributed by atoms with E-state index in [1.54, 1.807) is 32.9 Å². The number of carbonyl (C=O) groups excluding carboxylic acids is 3. The van der Waals surface area contributed by atoms with Crippen LogP contribution in [0.2, 0.25) is 8.67 Å². The van der Waals surface area contributed by atoms with Gasteiger partial charge in [-0.3, -0.25) is 9.59 Å². The molecule has 0 fully saturated rings. The van der Waals surface area contributed by atoms with E-state index in [0.717, 1.165) is 11.3 Å². The van der Waals surface area contributed by atoms with Crippen LogP contribution in [-0.2, 0) is 4.74 Å². The van der Waals surface area contributed by atoms with Crippen LogP contribution in [-0.4, -0.2) is 42.6 Å². The van der Waals surface area contributed by atoms with Crippen molar-refractivity contribution in [1.29, 1.82) is 0 Å². The monoisotopic (exact) mass is 499 g/mol. The Balaban J connectivity index is 2.20. The summed E-state index contributed by atoms with van der Waals surface area (Å²) in [6.07, 6.45) is -0.595. The first-order valence-electron chi connectivity index (χ1n) is 9.35. The number of aliphatic imine (C=N–C) groups is 1. The van der Waals surface area contributed by atoms with Crippen LogP contribution in [0.4, 0.5) is 4.79 Å². The summed E-state index contributed by atoms with van der Waals surface area (Å²) in [6.45, 7) is 5.51. The molecule has 0 radical (unpaired) electrons. The first-order chi connectivity index (χ1) is 14.9. The first-order valence-corrected chi connectivity index (χ1v) is 10.9. The summed E-state index contributed by atoms with van der Waals surface area (Å²) in [5, 5.41) is 5.20. The van der Waals surface area contributed by atoms with Gasteiger partial charge in [0.15, 0.2) is 5.96 Å². The number of guanidine groups is 1. The maximum Gasteiger partial charge on any atom is 0.407 e. The lowest BCUT2D eigenvalue weighted by Crippen LogP contribution is -2.37. The molecule has 0 aliphatic carbocycles. The molecule has 3 amide bonds. The van der Waals surface area contributed by atoms with Gasteiger partial charge in [-0.25, -0.2) is 4.79 Å². The molecule has 1 aromatic heterocycles. The van der Waals surface area contributed by atoms with Gasteiger partial charge in [-0.2, -0.15) is 4.99 Å². The van der Waals surface area contributed by atoms with Gasteiger partial charge in [-0.1, -0.05) is 23.2 Å². The summed E-state index contributed by atoms with van der Waals surface area (Å²) in [5.41, 5.74) is 11.3. The molecule has 2 rings (SSSR count).